The highest BCUT2D eigenvalue weighted by Crippen LogP contribution is 2.25. The van der Waals surface area contributed by atoms with Gasteiger partial charge in [-0.1, -0.05) is 17.7 Å². The Bertz CT molecular complexity index is 383. The molecule has 0 heterocycles. The largest absolute Gasteiger partial charge is 0.328 e. The van der Waals surface area contributed by atoms with Gasteiger partial charge in [0.15, 0.2) is 0 Å². The molecular formula is C14H20ClFN2. The second-order valence-corrected chi connectivity index (χ2v) is 5.59. The van der Waals surface area contributed by atoms with Crippen molar-refractivity contribution in [1.82, 2.24) is 4.90 Å². The van der Waals surface area contributed by atoms with E-state index in [0.29, 0.717) is 29.2 Å². The van der Waals surface area contributed by atoms with E-state index in [1.807, 2.05) is 7.05 Å². The van der Waals surface area contributed by atoms with Crippen LogP contribution in [-0.4, -0.2) is 24.0 Å². The Morgan fingerprint density at radius 1 is 1.33 bits per heavy atom. The normalized spacial score (nSPS) is 24.5. The lowest BCUT2D eigenvalue weighted by atomic mass is 9.91. The van der Waals surface area contributed by atoms with Crippen molar-refractivity contribution in [2.75, 3.05) is 7.05 Å². The molecule has 1 aliphatic rings. The lowest BCUT2D eigenvalue weighted by Crippen LogP contribution is -2.38. The molecule has 1 fully saturated rings. The average molecular weight is 271 g/mol. The smallest absolute Gasteiger partial charge is 0.129 e. The van der Waals surface area contributed by atoms with Crippen molar-refractivity contribution in [1.29, 1.82) is 0 Å². The third-order valence-electron chi connectivity index (χ3n) is 3.83. The molecule has 0 saturated heterocycles. The molecule has 2 nitrogen and oxygen atoms in total. The predicted molar refractivity (Wildman–Crippen MR) is 73.1 cm³/mol. The highest BCUT2D eigenvalue weighted by molar-refractivity contribution is 6.31. The fraction of sp³-hybridized carbons (Fsp3) is 0.571. The van der Waals surface area contributed by atoms with Crippen LogP contribution >= 0.6 is 11.6 Å². The molecule has 4 heteroatoms. The van der Waals surface area contributed by atoms with Crippen molar-refractivity contribution in [3.63, 3.8) is 0 Å². The average Bonchev–Trinajstić information content (AvgIpc) is 2.34. The molecule has 100 valence electrons. The van der Waals surface area contributed by atoms with Gasteiger partial charge in [0.1, 0.15) is 5.82 Å². The van der Waals surface area contributed by atoms with Crippen molar-refractivity contribution in [2.24, 2.45) is 5.73 Å². The van der Waals surface area contributed by atoms with Gasteiger partial charge in [-0.3, -0.25) is 4.90 Å². The minimum absolute atomic E-state index is 0.220. The van der Waals surface area contributed by atoms with Crippen LogP contribution in [0.25, 0.3) is 0 Å². The van der Waals surface area contributed by atoms with Gasteiger partial charge in [0.2, 0.25) is 0 Å². The molecule has 18 heavy (non-hydrogen) atoms. The number of benzene rings is 1. The standard InChI is InChI=1S/C14H20ClFN2/c1-18(11-7-5-10(17)6-8-11)9-12-13(15)3-2-4-14(12)16/h2-4,10-11H,5-9,17H2,1H3. The summed E-state index contributed by atoms with van der Waals surface area (Å²) in [6.45, 7) is 0.561. The van der Waals surface area contributed by atoms with Crippen LogP contribution in [-0.2, 0) is 6.54 Å². The molecule has 0 radical (unpaired) electrons. The van der Waals surface area contributed by atoms with E-state index >= 15 is 0 Å². The zero-order chi connectivity index (χ0) is 13.1. The van der Waals surface area contributed by atoms with Crippen LogP contribution in [0.4, 0.5) is 4.39 Å². The Morgan fingerprint density at radius 2 is 2.00 bits per heavy atom. The lowest BCUT2D eigenvalue weighted by Gasteiger charge is -2.33. The van der Waals surface area contributed by atoms with Gasteiger partial charge in [-0.05, 0) is 44.9 Å². The van der Waals surface area contributed by atoms with Crippen LogP contribution in [0.1, 0.15) is 31.2 Å². The topological polar surface area (TPSA) is 29.3 Å². The summed E-state index contributed by atoms with van der Waals surface area (Å²) in [7, 11) is 2.03. The molecule has 1 aromatic rings. The van der Waals surface area contributed by atoms with Gasteiger partial charge in [0.05, 0.1) is 0 Å². The van der Waals surface area contributed by atoms with E-state index < -0.39 is 0 Å². The zero-order valence-electron chi connectivity index (χ0n) is 10.7. The molecule has 1 aromatic carbocycles. The summed E-state index contributed by atoms with van der Waals surface area (Å²) >= 11 is 6.05. The fourth-order valence-electron chi connectivity index (χ4n) is 2.60. The summed E-state index contributed by atoms with van der Waals surface area (Å²) < 4.78 is 13.7. The SMILES string of the molecule is CN(Cc1c(F)cccc1Cl)C1CCC(N)CC1. The first-order valence-electron chi connectivity index (χ1n) is 6.46. The first kappa shape index (κ1) is 13.8. The molecule has 0 aromatic heterocycles. The monoisotopic (exact) mass is 270 g/mol. The van der Waals surface area contributed by atoms with Crippen LogP contribution in [0.2, 0.25) is 5.02 Å². The van der Waals surface area contributed by atoms with Gasteiger partial charge in [-0.2, -0.15) is 0 Å². The molecule has 2 rings (SSSR count). The van der Waals surface area contributed by atoms with Crippen molar-refractivity contribution in [3.8, 4) is 0 Å². The van der Waals surface area contributed by atoms with Gasteiger partial charge in [0, 0.05) is 29.2 Å². The molecule has 0 aliphatic heterocycles. The summed E-state index contributed by atoms with van der Waals surface area (Å²) in [6.07, 6.45) is 4.29. The van der Waals surface area contributed by atoms with E-state index in [9.17, 15) is 4.39 Å². The number of halogens is 2. The first-order chi connectivity index (χ1) is 8.58. The highest BCUT2D eigenvalue weighted by Gasteiger charge is 2.23. The summed E-state index contributed by atoms with van der Waals surface area (Å²) in [5.74, 6) is -0.220. The maximum atomic E-state index is 13.7. The quantitative estimate of drug-likeness (QED) is 0.914. The Hall–Kier alpha value is -0.640. The van der Waals surface area contributed by atoms with Gasteiger partial charge in [-0.25, -0.2) is 4.39 Å². The van der Waals surface area contributed by atoms with Gasteiger partial charge in [0.25, 0.3) is 0 Å². The van der Waals surface area contributed by atoms with Gasteiger partial charge >= 0.3 is 0 Å². The summed E-state index contributed by atoms with van der Waals surface area (Å²) in [5, 5.41) is 0.509. The lowest BCUT2D eigenvalue weighted by molar-refractivity contribution is 0.174. The molecule has 0 bridgehead atoms. The summed E-state index contributed by atoms with van der Waals surface area (Å²) in [4.78, 5) is 2.19. The van der Waals surface area contributed by atoms with Crippen LogP contribution in [0.15, 0.2) is 18.2 Å². The van der Waals surface area contributed by atoms with E-state index in [2.05, 4.69) is 4.90 Å². The molecule has 0 unspecified atom stereocenters. The van der Waals surface area contributed by atoms with Crippen molar-refractivity contribution < 1.29 is 4.39 Å². The Labute approximate surface area is 113 Å². The van der Waals surface area contributed by atoms with Crippen LogP contribution in [0.3, 0.4) is 0 Å². The number of nitrogens with zero attached hydrogens (tertiary/aromatic N) is 1. The maximum Gasteiger partial charge on any atom is 0.129 e. The highest BCUT2D eigenvalue weighted by atomic mass is 35.5. The van der Waals surface area contributed by atoms with Gasteiger partial charge in [-0.15, -0.1) is 0 Å². The third-order valence-corrected chi connectivity index (χ3v) is 4.19. The number of rotatable bonds is 3. The molecule has 1 aliphatic carbocycles. The second kappa shape index (κ2) is 6.00. The Balaban J connectivity index is 2.00. The first-order valence-corrected chi connectivity index (χ1v) is 6.84. The fourth-order valence-corrected chi connectivity index (χ4v) is 2.83. The molecule has 2 N–H and O–H groups in total. The maximum absolute atomic E-state index is 13.7. The minimum Gasteiger partial charge on any atom is -0.328 e. The van der Waals surface area contributed by atoms with E-state index in [-0.39, 0.29) is 5.82 Å². The summed E-state index contributed by atoms with van der Waals surface area (Å²) in [6, 6.07) is 5.67. The number of hydrogen-bond acceptors (Lipinski definition) is 2. The van der Waals surface area contributed by atoms with Crippen molar-refractivity contribution >= 4 is 11.6 Å². The van der Waals surface area contributed by atoms with Crippen LogP contribution < -0.4 is 5.73 Å². The number of hydrogen-bond donors (Lipinski definition) is 1. The van der Waals surface area contributed by atoms with Crippen LogP contribution in [0.5, 0.6) is 0 Å². The molecule has 1 saturated carbocycles. The summed E-state index contributed by atoms with van der Waals surface area (Å²) in [5.41, 5.74) is 6.49. The zero-order valence-corrected chi connectivity index (χ0v) is 11.5. The molecule has 0 spiro atoms. The van der Waals surface area contributed by atoms with E-state index in [1.165, 1.54) is 6.07 Å². The van der Waals surface area contributed by atoms with Crippen molar-refractivity contribution in [3.05, 3.63) is 34.6 Å². The third kappa shape index (κ3) is 3.22. The molecule has 0 amide bonds. The van der Waals surface area contributed by atoms with E-state index in [0.717, 1.165) is 25.7 Å². The van der Waals surface area contributed by atoms with Gasteiger partial charge < -0.3 is 5.73 Å². The second-order valence-electron chi connectivity index (χ2n) is 5.18. The minimum atomic E-state index is -0.220. The van der Waals surface area contributed by atoms with E-state index in [1.54, 1.807) is 12.1 Å². The van der Waals surface area contributed by atoms with Crippen LogP contribution in [0, 0.1) is 5.82 Å². The van der Waals surface area contributed by atoms with Crippen molar-refractivity contribution in [2.45, 2.75) is 44.3 Å². The number of nitrogens with two attached hydrogens (primary N) is 1. The van der Waals surface area contributed by atoms with E-state index in [4.69, 9.17) is 17.3 Å². The molecular weight excluding hydrogens is 251 g/mol. The predicted octanol–water partition coefficient (Wildman–Crippen LogP) is 3.18. The molecule has 0 atom stereocenters. The Kier molecular flexibility index (Phi) is 4.60. The Morgan fingerprint density at radius 3 is 2.61 bits per heavy atom.